The van der Waals surface area contributed by atoms with E-state index in [2.05, 4.69) is 5.32 Å². The summed E-state index contributed by atoms with van der Waals surface area (Å²) < 4.78 is 50.0. The lowest BCUT2D eigenvalue weighted by Crippen LogP contribution is -2.41. The molecule has 1 aliphatic heterocycles. The number of nitrogens with zero attached hydrogens (tertiary/aromatic N) is 2. The number of rotatable bonds is 6. The summed E-state index contributed by atoms with van der Waals surface area (Å²) in [7, 11) is -7.23. The number of carbonyl (C=O) groups is 1. The van der Waals surface area contributed by atoms with Gasteiger partial charge in [0.05, 0.1) is 14.7 Å². The van der Waals surface area contributed by atoms with Crippen LogP contribution in [0.15, 0.2) is 58.3 Å². The quantitative estimate of drug-likeness (QED) is 0.506. The predicted octanol–water partition coefficient (Wildman–Crippen LogP) is 2.04. The molecule has 0 unspecified atom stereocenters. The third-order valence-corrected chi connectivity index (χ3v) is 8.10. The van der Waals surface area contributed by atoms with Crippen molar-refractivity contribution < 1.29 is 26.6 Å². The number of carbonyl (C=O) groups excluding carboxylic acids is 1. The molecule has 0 aliphatic carbocycles. The van der Waals surface area contributed by atoms with E-state index in [-0.39, 0.29) is 34.5 Å². The number of anilines is 1. The van der Waals surface area contributed by atoms with Gasteiger partial charge in [-0.15, -0.1) is 0 Å². The number of nitrogens with one attached hydrogen (secondary N) is 1. The third kappa shape index (κ3) is 5.27. The average Bonchev–Trinajstić information content (AvgIpc) is 2.73. The first-order valence-electron chi connectivity index (χ1n) is 9.34. The van der Waals surface area contributed by atoms with E-state index >= 15 is 0 Å². The summed E-state index contributed by atoms with van der Waals surface area (Å²) in [5.41, 5.74) is 0.345. The van der Waals surface area contributed by atoms with E-state index in [9.17, 15) is 31.7 Å². The van der Waals surface area contributed by atoms with Crippen LogP contribution < -0.4 is 5.32 Å². The molecule has 1 fully saturated rings. The van der Waals surface area contributed by atoms with Crippen LogP contribution in [0.2, 0.25) is 0 Å². The highest BCUT2D eigenvalue weighted by atomic mass is 32.2. The molecule has 0 saturated carbocycles. The minimum absolute atomic E-state index is 0.00585. The lowest BCUT2D eigenvalue weighted by Gasteiger charge is -2.30. The molecule has 0 radical (unpaired) electrons. The van der Waals surface area contributed by atoms with Gasteiger partial charge in [0.15, 0.2) is 9.84 Å². The minimum Gasteiger partial charge on any atom is -0.326 e. The zero-order chi connectivity index (χ0) is 22.8. The number of non-ortho nitro benzene ring substituents is 1. The van der Waals surface area contributed by atoms with Crippen LogP contribution in [0.25, 0.3) is 0 Å². The van der Waals surface area contributed by atoms with E-state index in [1.165, 1.54) is 52.8 Å². The van der Waals surface area contributed by atoms with E-state index in [0.717, 1.165) is 6.26 Å². The van der Waals surface area contributed by atoms with Gasteiger partial charge < -0.3 is 5.32 Å². The number of nitro groups is 1. The molecule has 1 amide bonds. The number of sulfone groups is 1. The van der Waals surface area contributed by atoms with Crippen LogP contribution in [0.5, 0.6) is 0 Å². The Morgan fingerprint density at radius 2 is 1.48 bits per heavy atom. The highest BCUT2D eigenvalue weighted by molar-refractivity contribution is 7.90. The number of sulfonamides is 1. The van der Waals surface area contributed by atoms with Crippen LogP contribution >= 0.6 is 0 Å². The number of piperidine rings is 1. The first kappa shape index (κ1) is 22.8. The van der Waals surface area contributed by atoms with Crippen molar-refractivity contribution in [3.63, 3.8) is 0 Å². The minimum atomic E-state index is -3.80. The molecular weight excluding hydrogens is 446 g/mol. The Labute approximate surface area is 180 Å². The molecule has 0 spiro atoms. The standard InChI is InChI=1S/C19H21N3O7S2/c1-30(26,27)17-6-8-18(9-7-17)31(28,29)21-12-10-14(11-13-21)19(23)20-15-2-4-16(5-3-15)22(24)25/h2-9,14H,10-13H2,1H3,(H,20,23). The number of amides is 1. The molecule has 3 rings (SSSR count). The predicted molar refractivity (Wildman–Crippen MR) is 113 cm³/mol. The molecule has 2 aromatic carbocycles. The molecule has 2 aromatic rings. The van der Waals surface area contributed by atoms with Crippen molar-refractivity contribution in [1.82, 2.24) is 4.31 Å². The normalized spacial score (nSPS) is 16.0. The number of hydrogen-bond donors (Lipinski definition) is 1. The molecule has 1 saturated heterocycles. The number of nitro benzene ring substituents is 1. The first-order valence-corrected chi connectivity index (χ1v) is 12.7. The Balaban J connectivity index is 1.61. The Morgan fingerprint density at radius 3 is 1.97 bits per heavy atom. The molecule has 1 heterocycles. The fourth-order valence-corrected chi connectivity index (χ4v) is 5.38. The second kappa shape index (κ2) is 8.73. The van der Waals surface area contributed by atoms with Gasteiger partial charge in [0.2, 0.25) is 15.9 Å². The maximum absolute atomic E-state index is 12.8. The molecule has 1 aliphatic rings. The first-order chi connectivity index (χ1) is 14.5. The second-order valence-electron chi connectivity index (χ2n) is 7.22. The van der Waals surface area contributed by atoms with Gasteiger partial charge in [-0.3, -0.25) is 14.9 Å². The molecule has 0 bridgehead atoms. The van der Waals surface area contributed by atoms with Crippen LogP contribution in [0.3, 0.4) is 0 Å². The van der Waals surface area contributed by atoms with Crippen LogP contribution in [-0.2, 0) is 24.7 Å². The van der Waals surface area contributed by atoms with Gasteiger partial charge in [-0.05, 0) is 49.2 Å². The maximum Gasteiger partial charge on any atom is 0.269 e. The summed E-state index contributed by atoms with van der Waals surface area (Å²) in [6.07, 6.45) is 1.68. The summed E-state index contributed by atoms with van der Waals surface area (Å²) in [5, 5.41) is 13.4. The zero-order valence-electron chi connectivity index (χ0n) is 16.6. The van der Waals surface area contributed by atoms with Crippen LogP contribution in [0, 0.1) is 16.0 Å². The largest absolute Gasteiger partial charge is 0.326 e. The fourth-order valence-electron chi connectivity index (χ4n) is 3.28. The van der Waals surface area contributed by atoms with E-state index in [1.807, 2.05) is 0 Å². The number of hydrogen-bond acceptors (Lipinski definition) is 7. The smallest absolute Gasteiger partial charge is 0.269 e. The molecule has 12 heteroatoms. The van der Waals surface area contributed by atoms with Crippen molar-refractivity contribution in [3.05, 3.63) is 58.6 Å². The molecule has 1 N–H and O–H groups in total. The Hall–Kier alpha value is -2.83. The average molecular weight is 468 g/mol. The Morgan fingerprint density at radius 1 is 0.968 bits per heavy atom. The fraction of sp³-hybridized carbons (Fsp3) is 0.316. The number of benzene rings is 2. The molecule has 0 atom stereocenters. The van der Waals surface area contributed by atoms with E-state index in [1.54, 1.807) is 0 Å². The molecule has 31 heavy (non-hydrogen) atoms. The topological polar surface area (TPSA) is 144 Å². The molecule has 10 nitrogen and oxygen atoms in total. The Bertz CT molecular complexity index is 1180. The third-order valence-electron chi connectivity index (χ3n) is 5.06. The van der Waals surface area contributed by atoms with Gasteiger partial charge in [-0.2, -0.15) is 4.31 Å². The van der Waals surface area contributed by atoms with E-state index in [4.69, 9.17) is 0 Å². The highest BCUT2D eigenvalue weighted by Gasteiger charge is 2.32. The van der Waals surface area contributed by atoms with Crippen molar-refractivity contribution in [2.24, 2.45) is 5.92 Å². The second-order valence-corrected chi connectivity index (χ2v) is 11.2. The van der Waals surface area contributed by atoms with Gasteiger partial charge in [-0.1, -0.05) is 0 Å². The van der Waals surface area contributed by atoms with Crippen molar-refractivity contribution in [2.75, 3.05) is 24.7 Å². The highest BCUT2D eigenvalue weighted by Crippen LogP contribution is 2.26. The monoisotopic (exact) mass is 467 g/mol. The Kier molecular flexibility index (Phi) is 6.43. The van der Waals surface area contributed by atoms with Crippen molar-refractivity contribution >= 4 is 37.1 Å². The summed E-state index contributed by atoms with van der Waals surface area (Å²) in [6.45, 7) is 0.295. The van der Waals surface area contributed by atoms with Gasteiger partial charge in [-0.25, -0.2) is 16.8 Å². The van der Waals surface area contributed by atoms with Gasteiger partial charge >= 0.3 is 0 Å². The van der Waals surface area contributed by atoms with E-state index < -0.39 is 30.7 Å². The van der Waals surface area contributed by atoms with Gasteiger partial charge in [0.1, 0.15) is 0 Å². The molecule has 166 valence electrons. The van der Waals surface area contributed by atoms with Crippen molar-refractivity contribution in [3.8, 4) is 0 Å². The van der Waals surface area contributed by atoms with Crippen LogP contribution in [0.1, 0.15) is 12.8 Å². The van der Waals surface area contributed by atoms with Crippen LogP contribution in [0.4, 0.5) is 11.4 Å². The summed E-state index contributed by atoms with van der Waals surface area (Å²) in [6, 6.07) is 10.5. The molecule has 0 aromatic heterocycles. The maximum atomic E-state index is 12.8. The summed E-state index contributed by atoms with van der Waals surface area (Å²) in [4.78, 5) is 22.7. The van der Waals surface area contributed by atoms with Crippen molar-refractivity contribution in [1.29, 1.82) is 0 Å². The summed E-state index contributed by atoms with van der Waals surface area (Å²) >= 11 is 0. The van der Waals surface area contributed by atoms with E-state index in [0.29, 0.717) is 18.5 Å². The van der Waals surface area contributed by atoms with Gasteiger partial charge in [0, 0.05) is 43.1 Å². The zero-order valence-corrected chi connectivity index (χ0v) is 18.2. The SMILES string of the molecule is CS(=O)(=O)c1ccc(S(=O)(=O)N2CCC(C(=O)Nc3ccc([N+](=O)[O-])cc3)CC2)cc1. The lowest BCUT2D eigenvalue weighted by atomic mass is 9.97. The van der Waals surface area contributed by atoms with Crippen LogP contribution in [-0.4, -0.2) is 51.3 Å². The van der Waals surface area contributed by atoms with Gasteiger partial charge in [0.25, 0.3) is 5.69 Å². The lowest BCUT2D eigenvalue weighted by molar-refractivity contribution is -0.384. The summed E-state index contributed by atoms with van der Waals surface area (Å²) in [5.74, 6) is -0.669. The van der Waals surface area contributed by atoms with Crippen molar-refractivity contribution in [2.45, 2.75) is 22.6 Å². The molecular formula is C19H21N3O7S2.